The number of carbonyl (C=O) groups is 1. The summed E-state index contributed by atoms with van der Waals surface area (Å²) in [5.41, 5.74) is 0. The molecule has 0 heterocycles. The van der Waals surface area contributed by atoms with Crippen molar-refractivity contribution in [2.45, 2.75) is 33.6 Å². The maximum absolute atomic E-state index is 11.5. The van der Waals surface area contributed by atoms with Gasteiger partial charge in [-0.25, -0.2) is 0 Å². The van der Waals surface area contributed by atoms with Gasteiger partial charge >= 0.3 is 0 Å². The summed E-state index contributed by atoms with van der Waals surface area (Å²) in [5.74, 6) is 0.615. The Labute approximate surface area is 86.7 Å². The number of nitriles is 1. The second-order valence-electron chi connectivity index (χ2n) is 4.24. The van der Waals surface area contributed by atoms with E-state index < -0.39 is 0 Å². The first-order chi connectivity index (χ1) is 6.47. The minimum Gasteiger partial charge on any atom is -0.344 e. The second-order valence-corrected chi connectivity index (χ2v) is 4.24. The molecule has 3 heteroatoms. The first-order valence-corrected chi connectivity index (χ1v) is 5.11. The molecule has 0 aromatic carbocycles. The zero-order valence-corrected chi connectivity index (χ0v) is 9.58. The largest absolute Gasteiger partial charge is 0.344 e. The van der Waals surface area contributed by atoms with E-state index in [0.717, 1.165) is 6.42 Å². The molecule has 1 amide bonds. The van der Waals surface area contributed by atoms with Gasteiger partial charge in [-0.15, -0.1) is 0 Å². The van der Waals surface area contributed by atoms with Crippen molar-refractivity contribution in [1.29, 1.82) is 5.26 Å². The van der Waals surface area contributed by atoms with Crippen molar-refractivity contribution < 1.29 is 4.79 Å². The smallest absolute Gasteiger partial charge is 0.222 e. The van der Waals surface area contributed by atoms with E-state index in [2.05, 4.69) is 19.9 Å². The summed E-state index contributed by atoms with van der Waals surface area (Å²) in [4.78, 5) is 13.2. The van der Waals surface area contributed by atoms with Gasteiger partial charge in [0.05, 0.1) is 12.0 Å². The summed E-state index contributed by atoms with van der Waals surface area (Å²) in [6.45, 7) is 6.57. The molecule has 0 aliphatic rings. The molecule has 0 aliphatic carbocycles. The molecule has 0 rings (SSSR count). The molecule has 0 spiro atoms. The average molecular weight is 196 g/mol. The van der Waals surface area contributed by atoms with E-state index in [-0.39, 0.29) is 11.8 Å². The van der Waals surface area contributed by atoms with Gasteiger partial charge in [-0.1, -0.05) is 13.8 Å². The summed E-state index contributed by atoms with van der Waals surface area (Å²) in [5, 5.41) is 8.60. The highest BCUT2D eigenvalue weighted by Gasteiger charge is 2.11. The number of amides is 1. The lowest BCUT2D eigenvalue weighted by Gasteiger charge is -2.18. The standard InChI is InChI=1S/C11H20N2O/c1-9(2)5-6-11(14)13(4)8-10(3)7-12/h9-10H,5-6,8H2,1-4H3. The summed E-state index contributed by atoms with van der Waals surface area (Å²) in [7, 11) is 1.76. The van der Waals surface area contributed by atoms with Crippen molar-refractivity contribution in [2.75, 3.05) is 13.6 Å². The van der Waals surface area contributed by atoms with Crippen molar-refractivity contribution in [3.63, 3.8) is 0 Å². The Morgan fingerprint density at radius 3 is 2.43 bits per heavy atom. The zero-order chi connectivity index (χ0) is 11.1. The maximum atomic E-state index is 11.5. The van der Waals surface area contributed by atoms with Crippen molar-refractivity contribution in [2.24, 2.45) is 11.8 Å². The van der Waals surface area contributed by atoms with E-state index in [4.69, 9.17) is 5.26 Å². The summed E-state index contributed by atoms with van der Waals surface area (Å²) < 4.78 is 0. The second kappa shape index (κ2) is 6.42. The summed E-state index contributed by atoms with van der Waals surface area (Å²) in [6.07, 6.45) is 1.51. The van der Waals surface area contributed by atoms with Crippen LogP contribution in [-0.2, 0) is 4.79 Å². The Bertz CT molecular complexity index is 218. The quantitative estimate of drug-likeness (QED) is 0.675. The van der Waals surface area contributed by atoms with Gasteiger partial charge in [0.15, 0.2) is 0 Å². The molecule has 0 saturated heterocycles. The van der Waals surface area contributed by atoms with Crippen LogP contribution in [0.3, 0.4) is 0 Å². The van der Waals surface area contributed by atoms with Crippen LogP contribution in [0.15, 0.2) is 0 Å². The van der Waals surface area contributed by atoms with E-state index in [0.29, 0.717) is 18.9 Å². The number of hydrogen-bond acceptors (Lipinski definition) is 2. The van der Waals surface area contributed by atoms with Gasteiger partial charge in [-0.3, -0.25) is 4.79 Å². The molecule has 0 aliphatic heterocycles. The SMILES string of the molecule is CC(C)CCC(=O)N(C)CC(C)C#N. The Balaban J connectivity index is 3.83. The number of rotatable bonds is 5. The Morgan fingerprint density at radius 2 is 2.00 bits per heavy atom. The molecular formula is C11H20N2O. The number of hydrogen-bond donors (Lipinski definition) is 0. The molecule has 14 heavy (non-hydrogen) atoms. The van der Waals surface area contributed by atoms with Crippen LogP contribution in [0.5, 0.6) is 0 Å². The van der Waals surface area contributed by atoms with Crippen LogP contribution in [0.2, 0.25) is 0 Å². The van der Waals surface area contributed by atoms with Crippen LogP contribution >= 0.6 is 0 Å². The fraction of sp³-hybridized carbons (Fsp3) is 0.818. The van der Waals surface area contributed by atoms with E-state index in [1.54, 1.807) is 11.9 Å². The average Bonchev–Trinajstić information content (AvgIpc) is 2.13. The fourth-order valence-electron chi connectivity index (χ4n) is 1.16. The third-order valence-electron chi connectivity index (χ3n) is 2.13. The van der Waals surface area contributed by atoms with Gasteiger partial charge in [0.2, 0.25) is 5.91 Å². The molecule has 0 bridgehead atoms. The minimum absolute atomic E-state index is 0.0806. The van der Waals surface area contributed by atoms with Crippen LogP contribution in [0.1, 0.15) is 33.6 Å². The van der Waals surface area contributed by atoms with Crippen molar-refractivity contribution in [1.82, 2.24) is 4.90 Å². The maximum Gasteiger partial charge on any atom is 0.222 e. The van der Waals surface area contributed by atoms with E-state index in [9.17, 15) is 4.79 Å². The Morgan fingerprint density at radius 1 is 1.43 bits per heavy atom. The van der Waals surface area contributed by atoms with Crippen LogP contribution in [0.4, 0.5) is 0 Å². The van der Waals surface area contributed by atoms with Crippen molar-refractivity contribution in [3.8, 4) is 6.07 Å². The topological polar surface area (TPSA) is 44.1 Å². The lowest BCUT2D eigenvalue weighted by Crippen LogP contribution is -2.30. The van der Waals surface area contributed by atoms with Gasteiger partial charge in [0.1, 0.15) is 0 Å². The molecular weight excluding hydrogens is 176 g/mol. The van der Waals surface area contributed by atoms with Gasteiger partial charge in [0, 0.05) is 20.0 Å². The molecule has 0 radical (unpaired) electrons. The Hall–Kier alpha value is -1.04. The highest BCUT2D eigenvalue weighted by molar-refractivity contribution is 5.75. The lowest BCUT2D eigenvalue weighted by atomic mass is 10.1. The predicted octanol–water partition coefficient (Wildman–Crippen LogP) is 2.04. The normalized spacial score (nSPS) is 12.3. The fourth-order valence-corrected chi connectivity index (χ4v) is 1.16. The highest BCUT2D eigenvalue weighted by atomic mass is 16.2. The summed E-state index contributed by atoms with van der Waals surface area (Å²) in [6, 6.07) is 2.12. The highest BCUT2D eigenvalue weighted by Crippen LogP contribution is 2.06. The molecule has 0 saturated carbocycles. The molecule has 0 N–H and O–H groups in total. The molecule has 1 atom stereocenters. The molecule has 1 unspecified atom stereocenters. The van der Waals surface area contributed by atoms with Crippen LogP contribution in [0, 0.1) is 23.2 Å². The van der Waals surface area contributed by atoms with Gasteiger partial charge < -0.3 is 4.90 Å². The predicted molar refractivity (Wildman–Crippen MR) is 56.5 cm³/mol. The van der Waals surface area contributed by atoms with E-state index >= 15 is 0 Å². The van der Waals surface area contributed by atoms with Crippen LogP contribution < -0.4 is 0 Å². The third kappa shape index (κ3) is 5.58. The zero-order valence-electron chi connectivity index (χ0n) is 9.58. The molecule has 80 valence electrons. The minimum atomic E-state index is -0.0806. The molecule has 0 aromatic heterocycles. The van der Waals surface area contributed by atoms with Crippen molar-refractivity contribution >= 4 is 5.91 Å². The van der Waals surface area contributed by atoms with Crippen LogP contribution in [0.25, 0.3) is 0 Å². The van der Waals surface area contributed by atoms with Gasteiger partial charge in [-0.2, -0.15) is 5.26 Å². The molecule has 3 nitrogen and oxygen atoms in total. The first kappa shape index (κ1) is 13.0. The molecule has 0 fully saturated rings. The van der Waals surface area contributed by atoms with E-state index in [1.165, 1.54) is 0 Å². The van der Waals surface area contributed by atoms with Gasteiger partial charge in [0.25, 0.3) is 0 Å². The first-order valence-electron chi connectivity index (χ1n) is 5.11. The van der Waals surface area contributed by atoms with Gasteiger partial charge in [-0.05, 0) is 19.3 Å². The number of carbonyl (C=O) groups excluding carboxylic acids is 1. The lowest BCUT2D eigenvalue weighted by molar-refractivity contribution is -0.130. The van der Waals surface area contributed by atoms with Crippen molar-refractivity contribution in [3.05, 3.63) is 0 Å². The van der Waals surface area contributed by atoms with Crippen LogP contribution in [-0.4, -0.2) is 24.4 Å². The number of nitrogens with zero attached hydrogens (tertiary/aromatic N) is 2. The monoisotopic (exact) mass is 196 g/mol. The Kier molecular flexibility index (Phi) is 5.94. The van der Waals surface area contributed by atoms with E-state index in [1.807, 2.05) is 6.92 Å². The third-order valence-corrected chi connectivity index (χ3v) is 2.13. The summed E-state index contributed by atoms with van der Waals surface area (Å²) >= 11 is 0. The molecule has 0 aromatic rings.